The van der Waals surface area contributed by atoms with E-state index in [1.165, 1.54) is 11.3 Å². The molecule has 0 saturated carbocycles. The molecular weight excluding hydrogens is 312 g/mol. The molecule has 1 aromatic carbocycles. The van der Waals surface area contributed by atoms with Crippen molar-refractivity contribution in [3.8, 4) is 0 Å². The summed E-state index contributed by atoms with van der Waals surface area (Å²) < 4.78 is 0. The molecule has 120 valence electrons. The minimum atomic E-state index is -0.362. The quantitative estimate of drug-likeness (QED) is 0.791. The van der Waals surface area contributed by atoms with E-state index in [0.717, 1.165) is 35.3 Å². The summed E-state index contributed by atoms with van der Waals surface area (Å²) in [5.74, 6) is -0.113. The van der Waals surface area contributed by atoms with Crippen molar-refractivity contribution in [1.82, 2.24) is 10.3 Å². The topological polar surface area (TPSA) is 83.1 Å². The molecule has 0 spiro atoms. The lowest BCUT2D eigenvalue weighted by atomic mass is 10.1. The summed E-state index contributed by atoms with van der Waals surface area (Å²) in [4.78, 5) is 29.0. The molecule has 0 bridgehead atoms. The number of nitrogens with one attached hydrogen (secondary N) is 3. The lowest BCUT2D eigenvalue weighted by Gasteiger charge is -2.07. The van der Waals surface area contributed by atoms with Crippen molar-refractivity contribution < 1.29 is 9.59 Å². The average molecular weight is 330 g/mol. The van der Waals surface area contributed by atoms with Crippen LogP contribution in [0.1, 0.15) is 32.9 Å². The van der Waals surface area contributed by atoms with E-state index in [4.69, 9.17) is 0 Å². The van der Waals surface area contributed by atoms with Crippen LogP contribution in [0.2, 0.25) is 0 Å². The normalized spacial score (nSPS) is 13.7. The molecular formula is C16H18N4O2S. The van der Waals surface area contributed by atoms with Gasteiger partial charge in [-0.05, 0) is 49.9 Å². The van der Waals surface area contributed by atoms with Crippen LogP contribution in [-0.2, 0) is 6.42 Å². The van der Waals surface area contributed by atoms with E-state index < -0.39 is 0 Å². The predicted octanol–water partition coefficient (Wildman–Crippen LogP) is 3.08. The SMILES string of the molecule is Cc1cc(C)cc(NC(=O)Nc2nc3c(s2)C(=O)NCCC3)c1. The smallest absolute Gasteiger partial charge is 0.325 e. The zero-order valence-corrected chi connectivity index (χ0v) is 13.8. The molecule has 0 radical (unpaired) electrons. The number of carbonyl (C=O) groups is 2. The second kappa shape index (κ2) is 6.37. The standard InChI is InChI=1S/C16H18N4O2S/c1-9-6-10(2)8-11(7-9)18-15(22)20-16-19-12-4-3-5-17-14(21)13(12)23-16/h6-8H,3-5H2,1-2H3,(H,17,21)(H2,18,19,20,22). The van der Waals surface area contributed by atoms with Gasteiger partial charge in [-0.2, -0.15) is 0 Å². The number of anilines is 2. The van der Waals surface area contributed by atoms with Gasteiger partial charge >= 0.3 is 6.03 Å². The fraction of sp³-hybridized carbons (Fsp3) is 0.312. The number of urea groups is 1. The van der Waals surface area contributed by atoms with E-state index in [9.17, 15) is 9.59 Å². The first-order valence-corrected chi connectivity index (χ1v) is 8.27. The Kier molecular flexibility index (Phi) is 4.29. The van der Waals surface area contributed by atoms with Gasteiger partial charge in [-0.1, -0.05) is 17.4 Å². The molecule has 2 aromatic rings. The number of amides is 3. The summed E-state index contributed by atoms with van der Waals surface area (Å²) in [5, 5.41) is 8.76. The third kappa shape index (κ3) is 3.68. The van der Waals surface area contributed by atoms with Gasteiger partial charge < -0.3 is 10.6 Å². The molecule has 2 heterocycles. The molecule has 3 N–H and O–H groups in total. The van der Waals surface area contributed by atoms with Gasteiger partial charge in [0.05, 0.1) is 5.69 Å². The average Bonchev–Trinajstić information content (AvgIpc) is 2.77. The Labute approximate surface area is 138 Å². The molecule has 1 aromatic heterocycles. The molecule has 1 aliphatic rings. The zero-order chi connectivity index (χ0) is 16.4. The molecule has 0 saturated heterocycles. The van der Waals surface area contributed by atoms with Gasteiger partial charge in [0.25, 0.3) is 5.91 Å². The van der Waals surface area contributed by atoms with Gasteiger partial charge in [-0.25, -0.2) is 9.78 Å². The van der Waals surface area contributed by atoms with Crippen LogP contribution in [0.3, 0.4) is 0 Å². The van der Waals surface area contributed by atoms with Crippen LogP contribution in [0, 0.1) is 13.8 Å². The van der Waals surface area contributed by atoms with Crippen LogP contribution in [0.25, 0.3) is 0 Å². The van der Waals surface area contributed by atoms with E-state index in [1.807, 2.05) is 32.0 Å². The summed E-state index contributed by atoms with van der Waals surface area (Å²) in [6.07, 6.45) is 1.60. The number of hydrogen-bond donors (Lipinski definition) is 3. The van der Waals surface area contributed by atoms with Crippen molar-refractivity contribution >= 4 is 34.1 Å². The first kappa shape index (κ1) is 15.5. The molecule has 6 nitrogen and oxygen atoms in total. The monoisotopic (exact) mass is 330 g/mol. The van der Waals surface area contributed by atoms with Gasteiger partial charge in [0, 0.05) is 12.2 Å². The first-order valence-electron chi connectivity index (χ1n) is 7.45. The van der Waals surface area contributed by atoms with Crippen LogP contribution in [-0.4, -0.2) is 23.5 Å². The molecule has 0 atom stereocenters. The third-order valence-electron chi connectivity index (χ3n) is 3.48. The Morgan fingerprint density at radius 2 is 1.96 bits per heavy atom. The van der Waals surface area contributed by atoms with Crippen molar-refractivity contribution in [2.24, 2.45) is 0 Å². The molecule has 0 fully saturated rings. The molecule has 0 aliphatic carbocycles. The Morgan fingerprint density at radius 3 is 2.70 bits per heavy atom. The predicted molar refractivity (Wildman–Crippen MR) is 91.3 cm³/mol. The maximum absolute atomic E-state index is 12.1. The van der Waals surface area contributed by atoms with E-state index in [1.54, 1.807) is 0 Å². The maximum atomic E-state index is 12.1. The van der Waals surface area contributed by atoms with E-state index in [0.29, 0.717) is 16.6 Å². The van der Waals surface area contributed by atoms with Crippen molar-refractivity contribution in [2.75, 3.05) is 17.2 Å². The summed E-state index contributed by atoms with van der Waals surface area (Å²) in [7, 11) is 0. The van der Waals surface area contributed by atoms with Crippen molar-refractivity contribution in [1.29, 1.82) is 0 Å². The van der Waals surface area contributed by atoms with Crippen molar-refractivity contribution in [3.05, 3.63) is 39.9 Å². The largest absolute Gasteiger partial charge is 0.351 e. The highest BCUT2D eigenvalue weighted by atomic mass is 32.1. The Balaban J connectivity index is 1.71. The van der Waals surface area contributed by atoms with E-state index in [-0.39, 0.29) is 11.9 Å². The fourth-order valence-electron chi connectivity index (χ4n) is 2.60. The number of aromatic nitrogens is 1. The zero-order valence-electron chi connectivity index (χ0n) is 13.0. The summed E-state index contributed by atoms with van der Waals surface area (Å²) >= 11 is 1.21. The highest BCUT2D eigenvalue weighted by Crippen LogP contribution is 2.25. The van der Waals surface area contributed by atoms with Crippen LogP contribution in [0.4, 0.5) is 15.6 Å². The number of aryl methyl sites for hydroxylation is 3. The minimum Gasteiger partial charge on any atom is -0.351 e. The second-order valence-electron chi connectivity index (χ2n) is 5.61. The van der Waals surface area contributed by atoms with Gasteiger partial charge in [0.15, 0.2) is 5.13 Å². The number of fused-ring (bicyclic) bond motifs is 1. The van der Waals surface area contributed by atoms with Crippen LogP contribution in [0.5, 0.6) is 0 Å². The maximum Gasteiger partial charge on any atom is 0.325 e. The molecule has 0 unspecified atom stereocenters. The summed E-state index contributed by atoms with van der Waals surface area (Å²) in [6.45, 7) is 4.62. The Bertz CT molecular complexity index is 749. The number of benzene rings is 1. The third-order valence-corrected chi connectivity index (χ3v) is 4.49. The fourth-order valence-corrected chi connectivity index (χ4v) is 3.52. The number of nitrogens with zero attached hydrogens (tertiary/aromatic N) is 1. The van der Waals surface area contributed by atoms with Crippen LogP contribution in [0.15, 0.2) is 18.2 Å². The Morgan fingerprint density at radius 1 is 1.22 bits per heavy atom. The number of hydrogen-bond acceptors (Lipinski definition) is 4. The number of rotatable bonds is 2. The van der Waals surface area contributed by atoms with Crippen molar-refractivity contribution in [3.63, 3.8) is 0 Å². The number of thiazole rings is 1. The van der Waals surface area contributed by atoms with E-state index >= 15 is 0 Å². The van der Waals surface area contributed by atoms with Crippen LogP contribution < -0.4 is 16.0 Å². The highest BCUT2D eigenvalue weighted by Gasteiger charge is 2.21. The molecule has 3 rings (SSSR count). The van der Waals surface area contributed by atoms with Gasteiger partial charge in [0.2, 0.25) is 0 Å². The Hall–Kier alpha value is -2.41. The van der Waals surface area contributed by atoms with Gasteiger partial charge in [0.1, 0.15) is 4.88 Å². The summed E-state index contributed by atoms with van der Waals surface area (Å²) in [5.41, 5.74) is 3.65. The summed E-state index contributed by atoms with van der Waals surface area (Å²) in [6, 6.07) is 5.48. The van der Waals surface area contributed by atoms with E-state index in [2.05, 4.69) is 20.9 Å². The van der Waals surface area contributed by atoms with Gasteiger partial charge in [-0.3, -0.25) is 10.1 Å². The van der Waals surface area contributed by atoms with Crippen LogP contribution >= 0.6 is 11.3 Å². The number of carbonyl (C=O) groups excluding carboxylic acids is 2. The molecule has 1 aliphatic heterocycles. The van der Waals surface area contributed by atoms with Crippen molar-refractivity contribution in [2.45, 2.75) is 26.7 Å². The lowest BCUT2D eigenvalue weighted by molar-refractivity contribution is 0.0960. The van der Waals surface area contributed by atoms with Gasteiger partial charge in [-0.15, -0.1) is 0 Å². The highest BCUT2D eigenvalue weighted by molar-refractivity contribution is 7.17. The molecule has 23 heavy (non-hydrogen) atoms. The second-order valence-corrected chi connectivity index (χ2v) is 6.61. The molecule has 7 heteroatoms. The molecule has 3 amide bonds. The minimum absolute atomic E-state index is 0.113. The lowest BCUT2D eigenvalue weighted by Crippen LogP contribution is -2.21. The first-order chi connectivity index (χ1) is 11.0.